The molecule has 0 spiro atoms. The molecule has 1 aromatic rings. The summed E-state index contributed by atoms with van der Waals surface area (Å²) < 4.78 is 4.77. The van der Waals surface area contributed by atoms with Gasteiger partial charge in [0.15, 0.2) is 0 Å². The summed E-state index contributed by atoms with van der Waals surface area (Å²) in [4.78, 5) is 15.9. The lowest BCUT2D eigenvalue weighted by Crippen LogP contribution is -2.17. The van der Waals surface area contributed by atoms with E-state index in [4.69, 9.17) is 4.74 Å². The molecule has 0 radical (unpaired) electrons. The van der Waals surface area contributed by atoms with Gasteiger partial charge >= 0.3 is 5.97 Å². The maximum atomic E-state index is 11.6. The van der Waals surface area contributed by atoms with Gasteiger partial charge in [-0.05, 0) is 30.4 Å². The summed E-state index contributed by atoms with van der Waals surface area (Å²) in [6, 6.07) is 3.49. The highest BCUT2D eigenvalue weighted by molar-refractivity contribution is 5.94. The zero-order valence-corrected chi connectivity index (χ0v) is 12.4. The minimum atomic E-state index is -0.341. The standard InChI is InChI=1S/C16H24N2O2/c1-12-5-7-13(8-6-12)9-11-18-15-14(16(19)20-2)4-3-10-17-15/h3-4,10,12-13H,5-9,11H2,1-2H3,(H,17,18). The molecule has 1 aromatic heterocycles. The summed E-state index contributed by atoms with van der Waals surface area (Å²) >= 11 is 0. The van der Waals surface area contributed by atoms with Crippen molar-refractivity contribution in [3.63, 3.8) is 0 Å². The molecule has 20 heavy (non-hydrogen) atoms. The molecular formula is C16H24N2O2. The number of pyridine rings is 1. The second-order valence-electron chi connectivity index (χ2n) is 5.73. The maximum Gasteiger partial charge on any atom is 0.341 e. The first-order chi connectivity index (χ1) is 9.70. The van der Waals surface area contributed by atoms with E-state index in [0.29, 0.717) is 11.4 Å². The van der Waals surface area contributed by atoms with Gasteiger partial charge in [-0.25, -0.2) is 9.78 Å². The quantitative estimate of drug-likeness (QED) is 0.836. The van der Waals surface area contributed by atoms with Crippen LogP contribution in [0, 0.1) is 11.8 Å². The first-order valence-corrected chi connectivity index (χ1v) is 7.48. The van der Waals surface area contributed by atoms with E-state index in [0.717, 1.165) is 24.8 Å². The van der Waals surface area contributed by atoms with Crippen molar-refractivity contribution >= 4 is 11.8 Å². The molecule has 0 bridgehead atoms. The topological polar surface area (TPSA) is 51.2 Å². The van der Waals surface area contributed by atoms with E-state index >= 15 is 0 Å². The SMILES string of the molecule is COC(=O)c1cccnc1NCCC1CCC(C)CC1. The van der Waals surface area contributed by atoms with Gasteiger partial charge in [0.2, 0.25) is 0 Å². The summed E-state index contributed by atoms with van der Waals surface area (Å²) in [6.07, 6.45) is 8.19. The Kier molecular flexibility index (Phi) is 5.39. The van der Waals surface area contributed by atoms with E-state index in [-0.39, 0.29) is 5.97 Å². The summed E-state index contributed by atoms with van der Waals surface area (Å²) in [7, 11) is 1.39. The number of rotatable bonds is 5. The normalized spacial score (nSPS) is 22.3. The minimum absolute atomic E-state index is 0.341. The van der Waals surface area contributed by atoms with Crippen molar-refractivity contribution in [2.24, 2.45) is 11.8 Å². The number of hydrogen-bond donors (Lipinski definition) is 1. The first-order valence-electron chi connectivity index (χ1n) is 7.48. The molecule has 1 heterocycles. The van der Waals surface area contributed by atoms with Crippen LogP contribution in [0.25, 0.3) is 0 Å². The van der Waals surface area contributed by atoms with E-state index in [2.05, 4.69) is 17.2 Å². The van der Waals surface area contributed by atoms with Gasteiger partial charge in [-0.15, -0.1) is 0 Å². The third kappa shape index (κ3) is 3.95. The summed E-state index contributed by atoms with van der Waals surface area (Å²) in [6.45, 7) is 3.20. The van der Waals surface area contributed by atoms with Crippen molar-refractivity contribution < 1.29 is 9.53 Å². The average Bonchev–Trinajstić information content (AvgIpc) is 2.49. The zero-order valence-electron chi connectivity index (χ0n) is 12.4. The molecule has 0 saturated heterocycles. The second kappa shape index (κ2) is 7.27. The van der Waals surface area contributed by atoms with Crippen molar-refractivity contribution in [3.05, 3.63) is 23.9 Å². The van der Waals surface area contributed by atoms with E-state index in [1.807, 2.05) is 0 Å². The van der Waals surface area contributed by atoms with Crippen LogP contribution in [-0.4, -0.2) is 24.6 Å². The predicted octanol–water partition coefficient (Wildman–Crippen LogP) is 3.50. The van der Waals surface area contributed by atoms with E-state index in [1.165, 1.54) is 32.8 Å². The van der Waals surface area contributed by atoms with Crippen LogP contribution in [0.5, 0.6) is 0 Å². The molecule has 1 aliphatic rings. The molecule has 0 amide bonds. The molecule has 0 aromatic carbocycles. The molecule has 1 saturated carbocycles. The fourth-order valence-corrected chi connectivity index (χ4v) is 2.83. The number of methoxy groups -OCH3 is 1. The molecule has 1 fully saturated rings. The van der Waals surface area contributed by atoms with Gasteiger partial charge in [-0.1, -0.05) is 32.6 Å². The number of carbonyl (C=O) groups excluding carboxylic acids is 1. The number of ether oxygens (including phenoxy) is 1. The molecule has 0 aliphatic heterocycles. The third-order valence-electron chi connectivity index (χ3n) is 4.19. The van der Waals surface area contributed by atoms with Crippen LogP contribution in [0.15, 0.2) is 18.3 Å². The average molecular weight is 276 g/mol. The lowest BCUT2D eigenvalue weighted by molar-refractivity contribution is 0.0601. The smallest absolute Gasteiger partial charge is 0.341 e. The van der Waals surface area contributed by atoms with E-state index in [9.17, 15) is 4.79 Å². The van der Waals surface area contributed by atoms with Crippen LogP contribution in [0.2, 0.25) is 0 Å². The number of aromatic nitrogens is 1. The molecule has 4 nitrogen and oxygen atoms in total. The van der Waals surface area contributed by atoms with Crippen LogP contribution in [0.4, 0.5) is 5.82 Å². The van der Waals surface area contributed by atoms with Crippen LogP contribution >= 0.6 is 0 Å². The number of anilines is 1. The Bertz CT molecular complexity index is 440. The Morgan fingerprint density at radius 3 is 2.85 bits per heavy atom. The Balaban J connectivity index is 1.83. The lowest BCUT2D eigenvalue weighted by atomic mass is 9.81. The second-order valence-corrected chi connectivity index (χ2v) is 5.73. The Morgan fingerprint density at radius 2 is 2.15 bits per heavy atom. The van der Waals surface area contributed by atoms with E-state index < -0.39 is 0 Å². The monoisotopic (exact) mass is 276 g/mol. The largest absolute Gasteiger partial charge is 0.465 e. The highest BCUT2D eigenvalue weighted by atomic mass is 16.5. The molecule has 0 unspecified atom stereocenters. The Morgan fingerprint density at radius 1 is 1.40 bits per heavy atom. The fraction of sp³-hybridized carbons (Fsp3) is 0.625. The molecule has 4 heteroatoms. The molecule has 1 N–H and O–H groups in total. The van der Waals surface area contributed by atoms with Gasteiger partial charge in [0.25, 0.3) is 0 Å². The number of hydrogen-bond acceptors (Lipinski definition) is 4. The number of carbonyl (C=O) groups is 1. The molecular weight excluding hydrogens is 252 g/mol. The van der Waals surface area contributed by atoms with Gasteiger partial charge in [-0.3, -0.25) is 0 Å². The highest BCUT2D eigenvalue weighted by Gasteiger charge is 2.18. The molecule has 0 atom stereocenters. The molecule has 110 valence electrons. The van der Waals surface area contributed by atoms with Crippen molar-refractivity contribution in [1.29, 1.82) is 0 Å². The first kappa shape index (κ1) is 14.8. The fourth-order valence-electron chi connectivity index (χ4n) is 2.83. The maximum absolute atomic E-state index is 11.6. The van der Waals surface area contributed by atoms with Crippen LogP contribution in [-0.2, 0) is 4.74 Å². The summed E-state index contributed by atoms with van der Waals surface area (Å²) in [5.41, 5.74) is 0.507. The van der Waals surface area contributed by atoms with Gasteiger partial charge in [0.05, 0.1) is 7.11 Å². The van der Waals surface area contributed by atoms with Gasteiger partial charge in [-0.2, -0.15) is 0 Å². The van der Waals surface area contributed by atoms with Crippen molar-refractivity contribution in [3.8, 4) is 0 Å². The van der Waals surface area contributed by atoms with Crippen molar-refractivity contribution in [2.45, 2.75) is 39.0 Å². The van der Waals surface area contributed by atoms with Gasteiger partial charge in [0, 0.05) is 12.7 Å². The summed E-state index contributed by atoms with van der Waals surface area (Å²) in [5, 5.41) is 3.28. The summed E-state index contributed by atoms with van der Waals surface area (Å²) in [5.74, 6) is 1.99. The molecule has 2 rings (SSSR count). The molecule has 1 aliphatic carbocycles. The minimum Gasteiger partial charge on any atom is -0.465 e. The van der Waals surface area contributed by atoms with Crippen molar-refractivity contribution in [1.82, 2.24) is 4.98 Å². The number of nitrogens with zero attached hydrogens (tertiary/aromatic N) is 1. The third-order valence-corrected chi connectivity index (χ3v) is 4.19. The van der Waals surface area contributed by atoms with Gasteiger partial charge < -0.3 is 10.1 Å². The predicted molar refractivity (Wildman–Crippen MR) is 79.8 cm³/mol. The van der Waals surface area contributed by atoms with Crippen molar-refractivity contribution in [2.75, 3.05) is 19.0 Å². The Labute approximate surface area is 120 Å². The van der Waals surface area contributed by atoms with Gasteiger partial charge in [0.1, 0.15) is 11.4 Å². The van der Waals surface area contributed by atoms with Crippen LogP contribution in [0.3, 0.4) is 0 Å². The number of nitrogens with one attached hydrogen (secondary N) is 1. The van der Waals surface area contributed by atoms with Crippen LogP contribution < -0.4 is 5.32 Å². The lowest BCUT2D eigenvalue weighted by Gasteiger charge is -2.26. The van der Waals surface area contributed by atoms with Crippen LogP contribution in [0.1, 0.15) is 49.4 Å². The zero-order chi connectivity index (χ0) is 14.4. The van der Waals surface area contributed by atoms with E-state index in [1.54, 1.807) is 18.3 Å². The Hall–Kier alpha value is -1.58. The highest BCUT2D eigenvalue weighted by Crippen LogP contribution is 2.30. The number of esters is 1.